The van der Waals surface area contributed by atoms with Gasteiger partial charge in [-0.1, -0.05) is 45.4 Å². The van der Waals surface area contributed by atoms with Gasteiger partial charge in [0, 0.05) is 25.0 Å². The number of nitrogens with zero attached hydrogens (tertiary/aromatic N) is 1. The normalized spacial score (nSPS) is 24.2. The minimum Gasteiger partial charge on any atom is -0.342 e. The zero-order valence-corrected chi connectivity index (χ0v) is 14.7. The fourth-order valence-corrected chi connectivity index (χ4v) is 4.42. The van der Waals surface area contributed by atoms with E-state index >= 15 is 0 Å². The molecule has 1 saturated carbocycles. The van der Waals surface area contributed by atoms with Crippen LogP contribution in [0.4, 0.5) is 0 Å². The number of amides is 1. The first-order valence-electron chi connectivity index (χ1n) is 9.66. The molecular formula is C19H36N2O. The van der Waals surface area contributed by atoms with Crippen LogP contribution in [0.3, 0.4) is 0 Å². The van der Waals surface area contributed by atoms with Gasteiger partial charge in [0.05, 0.1) is 0 Å². The van der Waals surface area contributed by atoms with Crippen molar-refractivity contribution in [2.45, 2.75) is 84.1 Å². The van der Waals surface area contributed by atoms with Gasteiger partial charge in [0.2, 0.25) is 5.91 Å². The van der Waals surface area contributed by atoms with E-state index in [0.717, 1.165) is 51.1 Å². The van der Waals surface area contributed by atoms with E-state index in [9.17, 15) is 4.79 Å². The molecule has 1 amide bonds. The predicted octanol–water partition coefficient (Wildman–Crippen LogP) is 3.96. The first-order chi connectivity index (χ1) is 10.6. The van der Waals surface area contributed by atoms with E-state index < -0.39 is 0 Å². The molecule has 1 aliphatic carbocycles. The number of likely N-dealkylation sites (tertiary alicyclic amines) is 1. The third-order valence-electron chi connectivity index (χ3n) is 5.92. The standard InChI is InChI=1S/C19H36N2O/c1-3-7-18(14-16-8-5-4-6-9-16)19(22)21-12-10-17(11-13-21)15(2)20/h15-18H,3-14,20H2,1-2H3. The summed E-state index contributed by atoms with van der Waals surface area (Å²) in [5.74, 6) is 2.12. The van der Waals surface area contributed by atoms with Gasteiger partial charge >= 0.3 is 0 Å². The topological polar surface area (TPSA) is 46.3 Å². The van der Waals surface area contributed by atoms with Crippen LogP contribution in [0.1, 0.15) is 78.1 Å². The van der Waals surface area contributed by atoms with Gasteiger partial charge in [0.1, 0.15) is 0 Å². The van der Waals surface area contributed by atoms with Crippen LogP contribution in [0.2, 0.25) is 0 Å². The maximum Gasteiger partial charge on any atom is 0.225 e. The molecule has 128 valence electrons. The molecule has 2 aliphatic rings. The highest BCUT2D eigenvalue weighted by Gasteiger charge is 2.30. The number of carbonyl (C=O) groups is 1. The van der Waals surface area contributed by atoms with E-state index in [2.05, 4.69) is 18.7 Å². The molecule has 1 heterocycles. The lowest BCUT2D eigenvalue weighted by Crippen LogP contribution is -2.45. The quantitative estimate of drug-likeness (QED) is 0.807. The number of hydrogen-bond acceptors (Lipinski definition) is 2. The van der Waals surface area contributed by atoms with Crippen LogP contribution in [0.25, 0.3) is 0 Å². The molecule has 3 heteroatoms. The van der Waals surface area contributed by atoms with Gasteiger partial charge in [-0.15, -0.1) is 0 Å². The van der Waals surface area contributed by atoms with E-state index in [1.807, 2.05) is 0 Å². The highest BCUT2D eigenvalue weighted by Crippen LogP contribution is 2.32. The van der Waals surface area contributed by atoms with E-state index in [1.165, 1.54) is 32.1 Å². The first-order valence-corrected chi connectivity index (χ1v) is 9.66. The molecule has 2 atom stereocenters. The van der Waals surface area contributed by atoms with Crippen molar-refractivity contribution < 1.29 is 4.79 Å². The fourth-order valence-electron chi connectivity index (χ4n) is 4.42. The van der Waals surface area contributed by atoms with E-state index in [4.69, 9.17) is 5.73 Å². The Morgan fingerprint density at radius 3 is 2.32 bits per heavy atom. The second kappa shape index (κ2) is 8.90. The van der Waals surface area contributed by atoms with E-state index in [0.29, 0.717) is 11.8 Å². The largest absolute Gasteiger partial charge is 0.342 e. The van der Waals surface area contributed by atoms with Gasteiger partial charge in [-0.05, 0) is 44.4 Å². The van der Waals surface area contributed by atoms with Crippen LogP contribution >= 0.6 is 0 Å². The third kappa shape index (κ3) is 4.97. The number of nitrogens with two attached hydrogens (primary N) is 1. The van der Waals surface area contributed by atoms with Crippen LogP contribution in [-0.2, 0) is 4.79 Å². The maximum absolute atomic E-state index is 12.9. The summed E-state index contributed by atoms with van der Waals surface area (Å²) >= 11 is 0. The smallest absolute Gasteiger partial charge is 0.225 e. The van der Waals surface area contributed by atoms with Crippen LogP contribution in [0.15, 0.2) is 0 Å². The van der Waals surface area contributed by atoms with Crippen LogP contribution in [-0.4, -0.2) is 29.9 Å². The van der Waals surface area contributed by atoms with E-state index in [1.54, 1.807) is 0 Å². The minimum atomic E-state index is 0.269. The lowest BCUT2D eigenvalue weighted by Gasteiger charge is -2.36. The second-order valence-electron chi connectivity index (χ2n) is 7.75. The van der Waals surface area contributed by atoms with E-state index in [-0.39, 0.29) is 12.0 Å². The summed E-state index contributed by atoms with van der Waals surface area (Å²) < 4.78 is 0. The first kappa shape index (κ1) is 17.8. The summed E-state index contributed by atoms with van der Waals surface area (Å²) in [6.07, 6.45) is 12.3. The average Bonchev–Trinajstić information content (AvgIpc) is 2.55. The number of rotatable bonds is 6. The zero-order valence-electron chi connectivity index (χ0n) is 14.7. The highest BCUT2D eigenvalue weighted by molar-refractivity contribution is 5.79. The summed E-state index contributed by atoms with van der Waals surface area (Å²) in [4.78, 5) is 15.1. The molecule has 1 saturated heterocycles. The Morgan fingerprint density at radius 1 is 1.14 bits per heavy atom. The number of piperidine rings is 1. The molecule has 2 unspecified atom stereocenters. The van der Waals surface area contributed by atoms with Gasteiger partial charge in [0.25, 0.3) is 0 Å². The molecule has 0 aromatic rings. The molecule has 2 rings (SSSR count). The Balaban J connectivity index is 1.86. The molecule has 22 heavy (non-hydrogen) atoms. The zero-order chi connectivity index (χ0) is 15.9. The minimum absolute atomic E-state index is 0.269. The summed E-state index contributed by atoms with van der Waals surface area (Å²) in [6.45, 7) is 6.17. The number of carbonyl (C=O) groups excluding carboxylic acids is 1. The van der Waals surface area contributed by atoms with Crippen LogP contribution in [0.5, 0.6) is 0 Å². The average molecular weight is 309 g/mol. The monoisotopic (exact) mass is 308 g/mol. The van der Waals surface area contributed by atoms with Gasteiger partial charge in [-0.3, -0.25) is 4.79 Å². The third-order valence-corrected chi connectivity index (χ3v) is 5.92. The molecule has 2 fully saturated rings. The van der Waals surface area contributed by atoms with Crippen molar-refractivity contribution >= 4 is 5.91 Å². The number of hydrogen-bond donors (Lipinski definition) is 1. The maximum atomic E-state index is 12.9. The highest BCUT2D eigenvalue weighted by atomic mass is 16.2. The van der Waals surface area contributed by atoms with Crippen molar-refractivity contribution in [3.8, 4) is 0 Å². The van der Waals surface area contributed by atoms with Crippen molar-refractivity contribution in [2.75, 3.05) is 13.1 Å². The summed E-state index contributed by atoms with van der Waals surface area (Å²) in [5.41, 5.74) is 6.02. The lowest BCUT2D eigenvalue weighted by molar-refractivity contribution is -0.138. The molecule has 0 aromatic heterocycles. The second-order valence-corrected chi connectivity index (χ2v) is 7.75. The predicted molar refractivity (Wildman–Crippen MR) is 92.5 cm³/mol. The SMILES string of the molecule is CCCC(CC1CCCCC1)C(=O)N1CCC(C(C)N)CC1. The Hall–Kier alpha value is -0.570. The summed E-state index contributed by atoms with van der Waals surface area (Å²) in [7, 11) is 0. The molecular weight excluding hydrogens is 272 g/mol. The lowest BCUT2D eigenvalue weighted by atomic mass is 9.80. The van der Waals surface area contributed by atoms with Gasteiger partial charge in [0.15, 0.2) is 0 Å². The van der Waals surface area contributed by atoms with Crippen molar-refractivity contribution in [2.24, 2.45) is 23.5 Å². The molecule has 0 radical (unpaired) electrons. The van der Waals surface area contributed by atoms with Crippen molar-refractivity contribution in [3.63, 3.8) is 0 Å². The Labute approximate surface area is 137 Å². The Morgan fingerprint density at radius 2 is 1.77 bits per heavy atom. The van der Waals surface area contributed by atoms with Gasteiger partial charge in [-0.25, -0.2) is 0 Å². The Bertz CT molecular complexity index is 328. The molecule has 0 bridgehead atoms. The van der Waals surface area contributed by atoms with Crippen molar-refractivity contribution in [3.05, 3.63) is 0 Å². The molecule has 2 N–H and O–H groups in total. The van der Waals surface area contributed by atoms with Gasteiger partial charge in [-0.2, -0.15) is 0 Å². The summed E-state index contributed by atoms with van der Waals surface area (Å²) in [6, 6.07) is 0.269. The fraction of sp³-hybridized carbons (Fsp3) is 0.947. The molecule has 0 spiro atoms. The van der Waals surface area contributed by atoms with Crippen LogP contribution in [0, 0.1) is 17.8 Å². The van der Waals surface area contributed by atoms with Crippen molar-refractivity contribution in [1.29, 1.82) is 0 Å². The molecule has 3 nitrogen and oxygen atoms in total. The van der Waals surface area contributed by atoms with Crippen molar-refractivity contribution in [1.82, 2.24) is 4.90 Å². The summed E-state index contributed by atoms with van der Waals surface area (Å²) in [5, 5.41) is 0. The van der Waals surface area contributed by atoms with Crippen LogP contribution < -0.4 is 5.73 Å². The molecule has 0 aromatic carbocycles. The van der Waals surface area contributed by atoms with Gasteiger partial charge < -0.3 is 10.6 Å². The Kier molecular flexibility index (Phi) is 7.20. The molecule has 1 aliphatic heterocycles.